The molecule has 25 heavy (non-hydrogen) atoms. The normalized spacial score (nSPS) is 17.5. The summed E-state index contributed by atoms with van der Waals surface area (Å²) in [4.78, 5) is 25.3. The summed E-state index contributed by atoms with van der Waals surface area (Å²) in [6, 6.07) is 0. The predicted octanol–water partition coefficient (Wildman–Crippen LogP) is 3.46. The van der Waals surface area contributed by atoms with Gasteiger partial charge in [-0.1, -0.05) is 20.8 Å². The lowest BCUT2D eigenvalue weighted by Crippen LogP contribution is -2.57. The van der Waals surface area contributed by atoms with Gasteiger partial charge in [-0.05, 0) is 40.0 Å². The van der Waals surface area contributed by atoms with Crippen molar-refractivity contribution in [3.05, 3.63) is 0 Å². The Balaban J connectivity index is 5.57. The molecule has 3 atom stereocenters. The fraction of sp³-hybridized carbons (Fsp3) is 0.895. The zero-order valence-corrected chi connectivity index (χ0v) is 16.7. The minimum Gasteiger partial charge on any atom is -0.480 e. The molecule has 0 aromatic rings. The Morgan fingerprint density at radius 3 is 1.60 bits per heavy atom. The molecule has 0 fully saturated rings. The van der Waals surface area contributed by atoms with Crippen LogP contribution in [0, 0.1) is 5.41 Å². The Morgan fingerprint density at radius 2 is 1.24 bits per heavy atom. The maximum Gasteiger partial charge on any atom is 0.322 e. The molecule has 1 N–H and O–H groups in total. The van der Waals surface area contributed by atoms with Crippen LogP contribution in [-0.4, -0.2) is 55.0 Å². The maximum atomic E-state index is 13.1. The first kappa shape index (κ1) is 24.0. The first-order valence-electron chi connectivity index (χ1n) is 9.40. The van der Waals surface area contributed by atoms with Crippen molar-refractivity contribution in [2.24, 2.45) is 5.41 Å². The average molecular weight is 360 g/mol. The van der Waals surface area contributed by atoms with Gasteiger partial charge in [0.1, 0.15) is 0 Å². The summed E-state index contributed by atoms with van der Waals surface area (Å²) in [5, 5.41) is 10.0. The van der Waals surface area contributed by atoms with Gasteiger partial charge in [-0.15, -0.1) is 0 Å². The Hall–Kier alpha value is -0.980. The lowest BCUT2D eigenvalue weighted by Gasteiger charge is -2.38. The van der Waals surface area contributed by atoms with Crippen molar-refractivity contribution in [3.8, 4) is 0 Å². The van der Waals surface area contributed by atoms with Gasteiger partial charge in [-0.3, -0.25) is 9.59 Å². The van der Waals surface area contributed by atoms with Gasteiger partial charge in [0.25, 0.3) is 0 Å². The second-order valence-electron chi connectivity index (χ2n) is 6.51. The van der Waals surface area contributed by atoms with Gasteiger partial charge in [0.15, 0.2) is 11.2 Å². The van der Waals surface area contributed by atoms with Crippen molar-refractivity contribution in [2.75, 3.05) is 19.8 Å². The van der Waals surface area contributed by atoms with E-state index in [2.05, 4.69) is 0 Å². The molecule has 6 heteroatoms. The van der Waals surface area contributed by atoms with Gasteiger partial charge in [0.2, 0.25) is 0 Å². The van der Waals surface area contributed by atoms with Crippen LogP contribution in [0.3, 0.4) is 0 Å². The molecule has 148 valence electrons. The van der Waals surface area contributed by atoms with Gasteiger partial charge in [-0.2, -0.15) is 0 Å². The van der Waals surface area contributed by atoms with Crippen LogP contribution in [0.25, 0.3) is 0 Å². The molecule has 0 aromatic carbocycles. The first-order chi connectivity index (χ1) is 11.8. The van der Waals surface area contributed by atoms with Crippen molar-refractivity contribution in [1.82, 2.24) is 0 Å². The van der Waals surface area contributed by atoms with E-state index in [9.17, 15) is 14.7 Å². The molecular formula is C19H36O6. The summed E-state index contributed by atoms with van der Waals surface area (Å²) in [6.45, 7) is 12.3. The number of hydrogen-bond donors (Lipinski definition) is 1. The van der Waals surface area contributed by atoms with Crippen molar-refractivity contribution >= 4 is 11.8 Å². The smallest absolute Gasteiger partial charge is 0.322 e. The van der Waals surface area contributed by atoms with E-state index in [1.54, 1.807) is 20.8 Å². The van der Waals surface area contributed by atoms with Crippen molar-refractivity contribution in [2.45, 2.75) is 85.5 Å². The molecule has 3 unspecified atom stereocenters. The van der Waals surface area contributed by atoms with Gasteiger partial charge in [-0.25, -0.2) is 0 Å². The maximum absolute atomic E-state index is 13.1. The topological polar surface area (TPSA) is 82.1 Å². The molecule has 6 nitrogen and oxygen atoms in total. The fourth-order valence-corrected chi connectivity index (χ4v) is 2.91. The van der Waals surface area contributed by atoms with Crippen LogP contribution in [0.15, 0.2) is 0 Å². The third-order valence-corrected chi connectivity index (χ3v) is 4.32. The Bertz CT molecular complexity index is 381. The quantitative estimate of drug-likeness (QED) is 0.450. The standard InChI is InChI=1S/C19H36O6/c1-7-10-23-14(4)13-17(20)19(18(21)22,15(5)24-11-8-2)16(6)25-12-9-3/h14-16H,7-13H2,1-6H3,(H,21,22). The fourth-order valence-electron chi connectivity index (χ4n) is 2.91. The Morgan fingerprint density at radius 1 is 0.840 bits per heavy atom. The highest BCUT2D eigenvalue weighted by atomic mass is 16.5. The number of carbonyl (C=O) groups is 2. The van der Waals surface area contributed by atoms with Crippen LogP contribution < -0.4 is 0 Å². The second-order valence-corrected chi connectivity index (χ2v) is 6.51. The molecule has 0 saturated heterocycles. The van der Waals surface area contributed by atoms with Gasteiger partial charge >= 0.3 is 5.97 Å². The summed E-state index contributed by atoms with van der Waals surface area (Å²) in [7, 11) is 0. The molecule has 0 aromatic heterocycles. The van der Waals surface area contributed by atoms with Crippen LogP contribution in [0.2, 0.25) is 0 Å². The summed E-state index contributed by atoms with van der Waals surface area (Å²) in [6.07, 6.45) is 0.428. The third-order valence-electron chi connectivity index (χ3n) is 4.32. The summed E-state index contributed by atoms with van der Waals surface area (Å²) in [5.74, 6) is -1.61. The van der Waals surface area contributed by atoms with E-state index in [0.29, 0.717) is 19.8 Å². The minimum absolute atomic E-state index is 0.0198. The van der Waals surface area contributed by atoms with Crippen LogP contribution in [0.5, 0.6) is 0 Å². The van der Waals surface area contributed by atoms with E-state index in [0.717, 1.165) is 19.3 Å². The van der Waals surface area contributed by atoms with E-state index in [-0.39, 0.29) is 12.5 Å². The monoisotopic (exact) mass is 360 g/mol. The zero-order chi connectivity index (χ0) is 19.5. The average Bonchev–Trinajstić information content (AvgIpc) is 2.56. The SMILES string of the molecule is CCCOC(C)CC(=O)C(C(=O)O)(C(C)OCCC)C(C)OCCC. The molecular weight excluding hydrogens is 324 g/mol. The highest BCUT2D eigenvalue weighted by molar-refractivity contribution is 6.04. The highest BCUT2D eigenvalue weighted by Gasteiger charge is 2.56. The molecule has 0 heterocycles. The van der Waals surface area contributed by atoms with Crippen molar-refractivity contribution in [1.29, 1.82) is 0 Å². The molecule has 0 amide bonds. The highest BCUT2D eigenvalue weighted by Crippen LogP contribution is 2.35. The first-order valence-corrected chi connectivity index (χ1v) is 9.40. The number of ketones is 1. The lowest BCUT2D eigenvalue weighted by molar-refractivity contribution is -0.182. The number of Topliss-reactive ketones (excluding diaryl/α,β-unsaturated/α-hetero) is 1. The van der Waals surface area contributed by atoms with Crippen LogP contribution in [0.4, 0.5) is 0 Å². The van der Waals surface area contributed by atoms with E-state index in [4.69, 9.17) is 14.2 Å². The van der Waals surface area contributed by atoms with Crippen LogP contribution >= 0.6 is 0 Å². The number of aliphatic carboxylic acids is 1. The molecule has 0 aliphatic heterocycles. The van der Waals surface area contributed by atoms with Gasteiger partial charge < -0.3 is 19.3 Å². The lowest BCUT2D eigenvalue weighted by atomic mass is 9.72. The summed E-state index contributed by atoms with van der Waals surface area (Å²) < 4.78 is 16.9. The number of carboxylic acids is 1. The zero-order valence-electron chi connectivity index (χ0n) is 16.7. The van der Waals surface area contributed by atoms with Gasteiger partial charge in [0.05, 0.1) is 18.3 Å². The van der Waals surface area contributed by atoms with E-state index in [1.165, 1.54) is 0 Å². The number of carbonyl (C=O) groups excluding carboxylic acids is 1. The molecule has 0 spiro atoms. The predicted molar refractivity (Wildman–Crippen MR) is 96.8 cm³/mol. The molecule has 0 aliphatic rings. The second kappa shape index (κ2) is 12.4. The number of rotatable bonds is 15. The van der Waals surface area contributed by atoms with Crippen LogP contribution in [-0.2, 0) is 23.8 Å². The molecule has 0 radical (unpaired) electrons. The number of ether oxygens (including phenoxy) is 3. The van der Waals surface area contributed by atoms with Crippen molar-refractivity contribution < 1.29 is 28.9 Å². The van der Waals surface area contributed by atoms with Gasteiger partial charge in [0, 0.05) is 26.2 Å². The Kier molecular flexibility index (Phi) is 11.9. The van der Waals surface area contributed by atoms with E-state index >= 15 is 0 Å². The minimum atomic E-state index is -1.74. The Labute approximate surface area is 152 Å². The van der Waals surface area contributed by atoms with Crippen LogP contribution in [0.1, 0.15) is 67.2 Å². The summed E-state index contributed by atoms with van der Waals surface area (Å²) >= 11 is 0. The third kappa shape index (κ3) is 6.68. The number of carboxylic acid groups (broad SMARTS) is 1. The van der Waals surface area contributed by atoms with Crippen molar-refractivity contribution in [3.63, 3.8) is 0 Å². The number of hydrogen-bond acceptors (Lipinski definition) is 5. The molecule has 0 saturated carbocycles. The van der Waals surface area contributed by atoms with E-state index in [1.807, 2.05) is 20.8 Å². The molecule has 0 rings (SSSR count). The summed E-state index contributed by atoms with van der Waals surface area (Å²) in [5.41, 5.74) is -1.74. The molecule has 0 bridgehead atoms. The molecule has 0 aliphatic carbocycles. The van der Waals surface area contributed by atoms with E-state index < -0.39 is 29.4 Å². The largest absolute Gasteiger partial charge is 0.480 e.